The Morgan fingerprint density at radius 3 is 2.21 bits per heavy atom. The van der Waals surface area contributed by atoms with Crippen LogP contribution in [0, 0.1) is 11.8 Å². The van der Waals surface area contributed by atoms with E-state index < -0.39 is 0 Å². The fourth-order valence-electron chi connectivity index (χ4n) is 2.34. The molecule has 0 N–H and O–H groups in total. The summed E-state index contributed by atoms with van der Waals surface area (Å²) in [5.74, 6) is 0.272. The lowest BCUT2D eigenvalue weighted by Crippen LogP contribution is -2.13. The van der Waals surface area contributed by atoms with Crippen molar-refractivity contribution in [2.75, 3.05) is 6.61 Å². The molecule has 0 radical (unpaired) electrons. The van der Waals surface area contributed by atoms with E-state index in [-0.39, 0.29) is 23.5 Å². The van der Waals surface area contributed by atoms with E-state index in [1.807, 2.05) is 19.9 Å². The molecular weight excluding hydrogens is 304 g/mol. The Bertz CT molecular complexity index is 410. The summed E-state index contributed by atoms with van der Waals surface area (Å²) in [6.07, 6.45) is 10.7. The van der Waals surface area contributed by atoms with Gasteiger partial charge in [0, 0.05) is 18.8 Å². The molecule has 0 aliphatic carbocycles. The first-order chi connectivity index (χ1) is 11.3. The van der Waals surface area contributed by atoms with Crippen molar-refractivity contribution in [2.24, 2.45) is 11.8 Å². The zero-order valence-electron chi connectivity index (χ0n) is 15.8. The van der Waals surface area contributed by atoms with Crippen molar-refractivity contribution in [3.05, 3.63) is 12.2 Å². The van der Waals surface area contributed by atoms with Gasteiger partial charge < -0.3 is 9.53 Å². The van der Waals surface area contributed by atoms with Crippen molar-refractivity contribution in [3.8, 4) is 0 Å². The van der Waals surface area contributed by atoms with Gasteiger partial charge in [0.15, 0.2) is 0 Å². The van der Waals surface area contributed by atoms with Crippen LogP contribution in [0.1, 0.15) is 79.1 Å². The molecule has 0 aliphatic rings. The van der Waals surface area contributed by atoms with Crippen LogP contribution in [0.2, 0.25) is 0 Å². The van der Waals surface area contributed by atoms with Crippen LogP contribution in [0.15, 0.2) is 12.2 Å². The molecule has 0 saturated heterocycles. The van der Waals surface area contributed by atoms with Gasteiger partial charge in [-0.05, 0) is 45.4 Å². The van der Waals surface area contributed by atoms with Gasteiger partial charge in [-0.1, -0.05) is 38.8 Å². The largest absolute Gasteiger partial charge is 0.465 e. The van der Waals surface area contributed by atoms with E-state index in [1.165, 1.54) is 6.92 Å². The van der Waals surface area contributed by atoms with Gasteiger partial charge in [0.1, 0.15) is 11.6 Å². The topological polar surface area (TPSA) is 60.4 Å². The normalized spacial score (nSPS) is 12.5. The van der Waals surface area contributed by atoms with E-state index >= 15 is 0 Å². The number of esters is 1. The van der Waals surface area contributed by atoms with Crippen LogP contribution in [0.3, 0.4) is 0 Å². The molecule has 1 atom stereocenters. The average Bonchev–Trinajstić information content (AvgIpc) is 2.49. The number of hydrogen-bond acceptors (Lipinski definition) is 4. The highest BCUT2D eigenvalue weighted by Crippen LogP contribution is 2.13. The smallest absolute Gasteiger partial charge is 0.305 e. The maximum absolute atomic E-state index is 11.4. The second-order valence-electron chi connectivity index (χ2n) is 6.95. The van der Waals surface area contributed by atoms with Crippen LogP contribution in [-0.4, -0.2) is 24.1 Å². The first kappa shape index (κ1) is 22.6. The maximum Gasteiger partial charge on any atom is 0.305 e. The molecule has 0 heterocycles. The Morgan fingerprint density at radius 2 is 1.62 bits per heavy atom. The molecule has 138 valence electrons. The number of Topliss-reactive ketones (excluding diaryl/α,β-unsaturated/α-hetero) is 2. The third-order valence-corrected chi connectivity index (χ3v) is 3.78. The van der Waals surface area contributed by atoms with Gasteiger partial charge >= 0.3 is 5.97 Å². The van der Waals surface area contributed by atoms with Gasteiger partial charge in [-0.25, -0.2) is 0 Å². The summed E-state index contributed by atoms with van der Waals surface area (Å²) in [5.41, 5.74) is 0. The quantitative estimate of drug-likeness (QED) is 0.263. The number of allylic oxidation sites excluding steroid dienone is 2. The van der Waals surface area contributed by atoms with Crippen LogP contribution in [0.4, 0.5) is 0 Å². The minimum atomic E-state index is -0.171. The van der Waals surface area contributed by atoms with Gasteiger partial charge in [-0.2, -0.15) is 0 Å². The Balaban J connectivity index is 3.63. The highest BCUT2D eigenvalue weighted by atomic mass is 16.5. The van der Waals surface area contributed by atoms with Gasteiger partial charge in [-0.15, -0.1) is 0 Å². The van der Waals surface area contributed by atoms with Crippen LogP contribution < -0.4 is 0 Å². The summed E-state index contributed by atoms with van der Waals surface area (Å²) in [5, 5.41) is 0. The van der Waals surface area contributed by atoms with E-state index in [2.05, 4.69) is 6.08 Å². The molecule has 1 unspecified atom stereocenters. The third-order valence-electron chi connectivity index (χ3n) is 3.78. The zero-order valence-corrected chi connectivity index (χ0v) is 15.8. The standard InChI is InChI=1S/C20H34O4/c1-16(2)15-24-20(23)13-11-9-7-5-6-8-10-12-19(18(4)22)14-17(3)21/h8,10,16,19H,5-7,9,11-15H2,1-4H3/b10-8+. The molecule has 0 fully saturated rings. The predicted molar refractivity (Wildman–Crippen MR) is 96.7 cm³/mol. The van der Waals surface area contributed by atoms with Gasteiger partial charge in [0.25, 0.3) is 0 Å². The predicted octanol–water partition coefficient (Wildman–Crippen LogP) is 4.66. The van der Waals surface area contributed by atoms with E-state index in [1.54, 1.807) is 6.92 Å². The van der Waals surface area contributed by atoms with Crippen molar-refractivity contribution in [1.82, 2.24) is 0 Å². The summed E-state index contributed by atoms with van der Waals surface area (Å²) in [4.78, 5) is 34.0. The lowest BCUT2D eigenvalue weighted by atomic mass is 9.95. The maximum atomic E-state index is 11.4. The Labute approximate surface area is 147 Å². The Morgan fingerprint density at radius 1 is 0.958 bits per heavy atom. The lowest BCUT2D eigenvalue weighted by Gasteiger charge is -2.08. The molecule has 0 aromatic carbocycles. The van der Waals surface area contributed by atoms with Crippen molar-refractivity contribution < 1.29 is 19.1 Å². The Hall–Kier alpha value is -1.45. The summed E-state index contributed by atoms with van der Waals surface area (Å²) >= 11 is 0. The highest BCUT2D eigenvalue weighted by Gasteiger charge is 2.14. The molecular formula is C20H34O4. The molecule has 0 amide bonds. The number of unbranched alkanes of at least 4 members (excludes halogenated alkanes) is 4. The van der Waals surface area contributed by atoms with Crippen molar-refractivity contribution >= 4 is 17.5 Å². The molecule has 24 heavy (non-hydrogen) atoms. The summed E-state index contributed by atoms with van der Waals surface area (Å²) in [7, 11) is 0. The molecule has 0 rings (SSSR count). The molecule has 0 bridgehead atoms. The van der Waals surface area contributed by atoms with Crippen molar-refractivity contribution in [2.45, 2.75) is 79.1 Å². The van der Waals surface area contributed by atoms with E-state index in [9.17, 15) is 14.4 Å². The van der Waals surface area contributed by atoms with E-state index in [0.29, 0.717) is 31.8 Å². The SMILES string of the molecule is CC(=O)CC(C/C=C/CCCCCCC(=O)OCC(C)C)C(C)=O. The minimum Gasteiger partial charge on any atom is -0.465 e. The fourth-order valence-corrected chi connectivity index (χ4v) is 2.34. The summed E-state index contributed by atoms with van der Waals surface area (Å²) < 4.78 is 5.13. The van der Waals surface area contributed by atoms with Gasteiger partial charge in [0.05, 0.1) is 6.61 Å². The van der Waals surface area contributed by atoms with Gasteiger partial charge in [0.2, 0.25) is 0 Å². The van der Waals surface area contributed by atoms with E-state index in [0.717, 1.165) is 32.1 Å². The third kappa shape index (κ3) is 14.2. The monoisotopic (exact) mass is 338 g/mol. The number of carbonyl (C=O) groups is 3. The van der Waals surface area contributed by atoms with E-state index in [4.69, 9.17) is 4.74 Å². The summed E-state index contributed by atoms with van der Waals surface area (Å²) in [6.45, 7) is 7.64. The molecule has 0 aliphatic heterocycles. The second-order valence-corrected chi connectivity index (χ2v) is 6.95. The zero-order chi connectivity index (χ0) is 18.4. The Kier molecular flexibility index (Phi) is 13.1. The lowest BCUT2D eigenvalue weighted by molar-refractivity contribution is -0.144. The van der Waals surface area contributed by atoms with Crippen LogP contribution in [-0.2, 0) is 19.1 Å². The van der Waals surface area contributed by atoms with Crippen molar-refractivity contribution in [1.29, 1.82) is 0 Å². The molecule has 4 heteroatoms. The van der Waals surface area contributed by atoms with Crippen LogP contribution in [0.5, 0.6) is 0 Å². The second kappa shape index (κ2) is 13.9. The molecule has 0 aromatic heterocycles. The highest BCUT2D eigenvalue weighted by molar-refractivity contribution is 5.85. The van der Waals surface area contributed by atoms with Gasteiger partial charge in [-0.3, -0.25) is 9.59 Å². The molecule has 0 saturated carbocycles. The molecule has 0 aromatic rings. The number of carbonyl (C=O) groups excluding carboxylic acids is 3. The number of ether oxygens (including phenoxy) is 1. The first-order valence-electron chi connectivity index (χ1n) is 9.13. The fraction of sp³-hybridized carbons (Fsp3) is 0.750. The number of rotatable bonds is 14. The summed E-state index contributed by atoms with van der Waals surface area (Å²) in [6, 6.07) is 0. The number of hydrogen-bond donors (Lipinski definition) is 0. The van der Waals surface area contributed by atoms with Crippen molar-refractivity contribution in [3.63, 3.8) is 0 Å². The average molecular weight is 338 g/mol. The minimum absolute atomic E-state index is 0.0653. The first-order valence-corrected chi connectivity index (χ1v) is 9.13. The molecule has 4 nitrogen and oxygen atoms in total. The molecule has 0 spiro atoms. The van der Waals surface area contributed by atoms with Crippen LogP contribution in [0.25, 0.3) is 0 Å². The van der Waals surface area contributed by atoms with Crippen LogP contribution >= 0.6 is 0 Å². The number of ketones is 2.